The van der Waals surface area contributed by atoms with E-state index in [0.717, 1.165) is 80.5 Å². The number of nitriles is 1. The van der Waals surface area contributed by atoms with Crippen molar-refractivity contribution in [3.63, 3.8) is 0 Å². The standard InChI is InChI=1S/C42H45F3N6O2/c1-24(35-10-5-16-49(35)2)53-42-32-21-28(12-14-37(52)50-17-6-18-50)51(36-13-11-27(36)23-47)41(32)31-19-26(8-4-15-46)38(39(45)40(31)48-42)29-9-3-7-25-20-33(43)34(44)22-30(25)29/h3,7,9,19-22,24,27,35-36H,4-6,8,10-14,16-18,23,47H2,1-2H3/t24-,27+,35-,36+/m0/s1. The zero-order valence-electron chi connectivity index (χ0n) is 30.3. The summed E-state index contributed by atoms with van der Waals surface area (Å²) >= 11 is 0. The molecule has 2 aromatic heterocycles. The molecule has 11 heteroatoms. The van der Waals surface area contributed by atoms with E-state index in [0.29, 0.717) is 52.6 Å². The lowest BCUT2D eigenvalue weighted by molar-refractivity contribution is -0.134. The summed E-state index contributed by atoms with van der Waals surface area (Å²) in [5.74, 6) is -1.98. The van der Waals surface area contributed by atoms with E-state index in [9.17, 15) is 18.8 Å². The number of aryl methyl sites for hydroxylation is 2. The third-order valence-corrected chi connectivity index (χ3v) is 12.1. The number of amides is 1. The molecule has 3 fully saturated rings. The van der Waals surface area contributed by atoms with E-state index in [1.807, 2.05) is 17.9 Å². The molecule has 1 amide bonds. The Hall–Kier alpha value is -4.66. The van der Waals surface area contributed by atoms with E-state index in [1.165, 1.54) is 0 Å². The van der Waals surface area contributed by atoms with Crippen molar-refractivity contribution in [2.45, 2.75) is 82.9 Å². The molecular weight excluding hydrogens is 677 g/mol. The number of rotatable bonds is 11. The van der Waals surface area contributed by atoms with E-state index in [4.69, 9.17) is 15.5 Å². The van der Waals surface area contributed by atoms with Crippen LogP contribution in [0.3, 0.4) is 0 Å². The van der Waals surface area contributed by atoms with Crippen LogP contribution in [0.5, 0.6) is 5.88 Å². The van der Waals surface area contributed by atoms with Crippen LogP contribution in [0.1, 0.15) is 69.2 Å². The summed E-state index contributed by atoms with van der Waals surface area (Å²) in [6, 6.07) is 13.7. The minimum atomic E-state index is -1.03. The highest BCUT2D eigenvalue weighted by molar-refractivity contribution is 6.10. The number of nitrogens with zero attached hydrogens (tertiary/aromatic N) is 5. The number of aromatic nitrogens is 2. The van der Waals surface area contributed by atoms with E-state index >= 15 is 4.39 Å². The second kappa shape index (κ2) is 14.3. The zero-order chi connectivity index (χ0) is 37.0. The fourth-order valence-corrected chi connectivity index (χ4v) is 8.90. The predicted molar refractivity (Wildman–Crippen MR) is 200 cm³/mol. The number of likely N-dealkylation sites (tertiary alicyclic amines) is 2. The number of carbonyl (C=O) groups is 1. The van der Waals surface area contributed by atoms with Crippen molar-refractivity contribution in [3.05, 3.63) is 71.2 Å². The fourth-order valence-electron chi connectivity index (χ4n) is 8.90. The van der Waals surface area contributed by atoms with Crippen molar-refractivity contribution >= 4 is 38.5 Å². The number of hydrogen-bond acceptors (Lipinski definition) is 6. The van der Waals surface area contributed by atoms with Gasteiger partial charge in [-0.05, 0) is 124 Å². The molecule has 2 saturated heterocycles. The van der Waals surface area contributed by atoms with Gasteiger partial charge >= 0.3 is 0 Å². The van der Waals surface area contributed by atoms with Crippen LogP contribution < -0.4 is 10.5 Å². The number of pyridine rings is 1. The summed E-state index contributed by atoms with van der Waals surface area (Å²) in [5.41, 5.74) is 9.29. The van der Waals surface area contributed by atoms with Crippen molar-refractivity contribution in [3.8, 4) is 23.1 Å². The number of ether oxygens (including phenoxy) is 1. The summed E-state index contributed by atoms with van der Waals surface area (Å²) < 4.78 is 55.8. The molecule has 1 aliphatic carbocycles. The Balaban J connectivity index is 1.39. The van der Waals surface area contributed by atoms with Crippen LogP contribution in [-0.2, 0) is 17.6 Å². The molecule has 8 nitrogen and oxygen atoms in total. The molecule has 1 saturated carbocycles. The first-order valence-electron chi connectivity index (χ1n) is 19.0. The van der Waals surface area contributed by atoms with Gasteiger partial charge in [0.1, 0.15) is 11.6 Å². The molecule has 8 rings (SSSR count). The van der Waals surface area contributed by atoms with Gasteiger partial charge in [0.2, 0.25) is 11.8 Å². The maximum absolute atomic E-state index is 17.7. The average molecular weight is 723 g/mol. The summed E-state index contributed by atoms with van der Waals surface area (Å²) in [7, 11) is 2.09. The van der Waals surface area contributed by atoms with Crippen molar-refractivity contribution in [1.82, 2.24) is 19.4 Å². The minimum absolute atomic E-state index is 0.0460. The van der Waals surface area contributed by atoms with Crippen molar-refractivity contribution in [1.29, 1.82) is 5.26 Å². The highest BCUT2D eigenvalue weighted by Crippen LogP contribution is 2.47. The number of benzene rings is 3. The summed E-state index contributed by atoms with van der Waals surface area (Å²) in [4.78, 5) is 22.3. The lowest BCUT2D eigenvalue weighted by Crippen LogP contribution is -2.42. The van der Waals surface area contributed by atoms with Gasteiger partial charge in [0.05, 0.1) is 17.0 Å². The topological polar surface area (TPSA) is 100 Å². The third-order valence-electron chi connectivity index (χ3n) is 12.1. The number of halogens is 3. The Morgan fingerprint density at radius 3 is 2.51 bits per heavy atom. The van der Waals surface area contributed by atoms with Gasteiger partial charge in [0, 0.05) is 54.7 Å². The number of fused-ring (bicyclic) bond motifs is 4. The van der Waals surface area contributed by atoms with E-state index in [1.54, 1.807) is 18.2 Å². The second-order valence-electron chi connectivity index (χ2n) is 15.1. The second-order valence-corrected chi connectivity index (χ2v) is 15.1. The molecule has 0 radical (unpaired) electrons. The van der Waals surface area contributed by atoms with Crippen LogP contribution >= 0.6 is 0 Å². The molecule has 276 valence electrons. The largest absolute Gasteiger partial charge is 0.472 e. The van der Waals surface area contributed by atoms with Crippen molar-refractivity contribution < 1.29 is 22.7 Å². The minimum Gasteiger partial charge on any atom is -0.472 e. The molecule has 0 unspecified atom stereocenters. The highest BCUT2D eigenvalue weighted by Gasteiger charge is 2.36. The summed E-state index contributed by atoms with van der Waals surface area (Å²) in [6.45, 7) is 5.06. The lowest BCUT2D eigenvalue weighted by Gasteiger charge is -2.39. The Labute approximate surface area is 307 Å². The molecule has 4 heterocycles. The van der Waals surface area contributed by atoms with Gasteiger partial charge in [-0.3, -0.25) is 9.69 Å². The maximum Gasteiger partial charge on any atom is 0.223 e. The molecule has 3 aromatic carbocycles. The SMILES string of the molecule is C[C@H](Oc1nc2c(F)c(-c3cccc4cc(F)c(F)cc34)c(CCC#N)cc2c2c1cc(CCC(=O)N1CCC1)n2[C@@H]1CC[C@@H]1CN)[C@@H]1CCCN1C. The van der Waals surface area contributed by atoms with Gasteiger partial charge < -0.3 is 19.9 Å². The quantitative estimate of drug-likeness (QED) is 0.149. The Morgan fingerprint density at radius 1 is 1.02 bits per heavy atom. The molecule has 5 aromatic rings. The van der Waals surface area contributed by atoms with E-state index in [-0.39, 0.29) is 53.9 Å². The molecule has 3 aliphatic rings. The van der Waals surface area contributed by atoms with Crippen LogP contribution in [0.25, 0.3) is 43.7 Å². The van der Waals surface area contributed by atoms with Crippen LogP contribution in [-0.4, -0.2) is 70.6 Å². The number of nitrogens with two attached hydrogens (primary N) is 1. The fraction of sp³-hybridized carbons (Fsp3) is 0.452. The predicted octanol–water partition coefficient (Wildman–Crippen LogP) is 7.82. The zero-order valence-corrected chi connectivity index (χ0v) is 30.3. The lowest BCUT2D eigenvalue weighted by atomic mass is 9.79. The monoisotopic (exact) mass is 722 g/mol. The first kappa shape index (κ1) is 35.4. The van der Waals surface area contributed by atoms with Gasteiger partial charge in [0.25, 0.3) is 0 Å². The molecule has 53 heavy (non-hydrogen) atoms. The van der Waals surface area contributed by atoms with Crippen molar-refractivity contribution in [2.75, 3.05) is 33.2 Å². The Morgan fingerprint density at radius 2 is 1.83 bits per heavy atom. The van der Waals surface area contributed by atoms with Gasteiger partial charge in [0.15, 0.2) is 17.5 Å². The van der Waals surface area contributed by atoms with Crippen LogP contribution in [0.4, 0.5) is 13.2 Å². The molecular formula is C42H45F3N6O2. The molecule has 2 aliphatic heterocycles. The van der Waals surface area contributed by atoms with Crippen molar-refractivity contribution in [2.24, 2.45) is 11.7 Å². The van der Waals surface area contributed by atoms with Crippen LogP contribution in [0, 0.1) is 34.7 Å². The molecule has 2 N–H and O–H groups in total. The molecule has 0 spiro atoms. The summed E-state index contributed by atoms with van der Waals surface area (Å²) in [5, 5.41) is 11.8. The Bertz CT molecular complexity index is 2280. The van der Waals surface area contributed by atoms with Gasteiger partial charge in [-0.15, -0.1) is 0 Å². The smallest absolute Gasteiger partial charge is 0.223 e. The first-order chi connectivity index (χ1) is 25.7. The third kappa shape index (κ3) is 6.19. The number of hydrogen-bond donors (Lipinski definition) is 1. The normalized spacial score (nSPS) is 20.8. The maximum atomic E-state index is 17.7. The average Bonchev–Trinajstić information content (AvgIpc) is 3.70. The Kier molecular flexibility index (Phi) is 9.54. The van der Waals surface area contributed by atoms with Gasteiger partial charge in [-0.1, -0.05) is 18.2 Å². The first-order valence-corrected chi connectivity index (χ1v) is 19.0. The van der Waals surface area contributed by atoms with Gasteiger partial charge in [-0.2, -0.15) is 5.26 Å². The highest BCUT2D eigenvalue weighted by atomic mass is 19.2. The van der Waals surface area contributed by atoms with E-state index in [2.05, 4.69) is 28.7 Å². The molecule has 4 atom stereocenters. The number of likely N-dealkylation sites (N-methyl/N-ethyl adjacent to an activating group) is 1. The molecule has 0 bridgehead atoms. The summed E-state index contributed by atoms with van der Waals surface area (Å²) in [6.07, 6.45) is 5.87. The van der Waals surface area contributed by atoms with Crippen LogP contribution in [0.2, 0.25) is 0 Å². The van der Waals surface area contributed by atoms with Crippen LogP contribution in [0.15, 0.2) is 42.5 Å². The number of carbonyl (C=O) groups excluding carboxylic acids is 1. The van der Waals surface area contributed by atoms with Gasteiger partial charge in [-0.25, -0.2) is 18.2 Å². The van der Waals surface area contributed by atoms with E-state index < -0.39 is 17.5 Å².